The van der Waals surface area contributed by atoms with E-state index >= 15 is 0 Å². The first-order chi connectivity index (χ1) is 10.6. The number of benzene rings is 1. The van der Waals surface area contributed by atoms with E-state index in [2.05, 4.69) is 4.72 Å². The fourth-order valence-electron chi connectivity index (χ4n) is 3.84. The van der Waals surface area contributed by atoms with E-state index in [0.717, 1.165) is 32.1 Å². The molecule has 0 aromatic heterocycles. The third kappa shape index (κ3) is 4.27. The molecule has 0 saturated heterocycles. The number of nitrogens with two attached hydrogens (primary N) is 1. The van der Waals surface area contributed by atoms with Crippen LogP contribution in [-0.4, -0.2) is 21.0 Å². The zero-order valence-electron chi connectivity index (χ0n) is 13.5. The van der Waals surface area contributed by atoms with E-state index in [1.807, 2.05) is 12.1 Å². The van der Waals surface area contributed by atoms with Crippen LogP contribution in [0, 0.1) is 5.92 Å². The van der Waals surface area contributed by atoms with E-state index in [1.165, 1.54) is 30.4 Å². The average Bonchev–Trinajstić information content (AvgIpc) is 3.06. The summed E-state index contributed by atoms with van der Waals surface area (Å²) >= 11 is 0. The Balaban J connectivity index is 0.00000192. The van der Waals surface area contributed by atoms with Crippen molar-refractivity contribution in [2.75, 3.05) is 6.54 Å². The van der Waals surface area contributed by atoms with Gasteiger partial charge in [0, 0.05) is 12.6 Å². The lowest BCUT2D eigenvalue weighted by Crippen LogP contribution is -2.44. The Morgan fingerprint density at radius 3 is 2.39 bits per heavy atom. The Bertz CT molecular complexity index is 627. The van der Waals surface area contributed by atoms with Crippen LogP contribution in [0.5, 0.6) is 0 Å². The molecule has 0 amide bonds. The molecule has 6 heteroatoms. The molecular formula is C17H27ClN2O2S. The summed E-state index contributed by atoms with van der Waals surface area (Å²) < 4.78 is 28.2. The lowest BCUT2D eigenvalue weighted by molar-refractivity contribution is 0.405. The van der Waals surface area contributed by atoms with Gasteiger partial charge in [0.2, 0.25) is 10.0 Å². The van der Waals surface area contributed by atoms with E-state index < -0.39 is 10.0 Å². The minimum absolute atomic E-state index is 0. The molecule has 0 radical (unpaired) electrons. The lowest BCUT2D eigenvalue weighted by Gasteiger charge is -2.23. The van der Waals surface area contributed by atoms with Crippen LogP contribution < -0.4 is 10.5 Å². The Hall–Kier alpha value is -0.620. The molecule has 4 nitrogen and oxygen atoms in total. The van der Waals surface area contributed by atoms with Gasteiger partial charge in [0.25, 0.3) is 0 Å². The number of halogens is 1. The molecular weight excluding hydrogens is 332 g/mol. The number of hydrogen-bond acceptors (Lipinski definition) is 3. The Morgan fingerprint density at radius 1 is 1.09 bits per heavy atom. The van der Waals surface area contributed by atoms with Gasteiger partial charge in [-0.15, -0.1) is 12.4 Å². The highest BCUT2D eigenvalue weighted by Crippen LogP contribution is 2.29. The van der Waals surface area contributed by atoms with Gasteiger partial charge in [0.15, 0.2) is 0 Å². The minimum atomic E-state index is -3.47. The summed E-state index contributed by atoms with van der Waals surface area (Å²) in [4.78, 5) is 0.393. The summed E-state index contributed by atoms with van der Waals surface area (Å²) in [5.74, 6) is 0.386. The number of fused-ring (bicyclic) bond motifs is 1. The first-order valence-corrected chi connectivity index (χ1v) is 9.92. The number of rotatable bonds is 5. The van der Waals surface area contributed by atoms with Crippen LogP contribution in [0.4, 0.5) is 0 Å². The number of aryl methyl sites for hydroxylation is 2. The molecule has 23 heavy (non-hydrogen) atoms. The standard InChI is InChI=1S/C17H26N2O2S.ClH/c18-12-17(14-6-2-3-7-14)19-22(20,21)16-10-9-13-5-1-4-8-15(13)11-16;/h9-11,14,17,19H,1-8,12,18H2;1H. The lowest BCUT2D eigenvalue weighted by atomic mass is 9.92. The maximum absolute atomic E-state index is 12.7. The first-order valence-electron chi connectivity index (χ1n) is 8.44. The molecule has 1 unspecified atom stereocenters. The van der Waals surface area contributed by atoms with Crippen molar-refractivity contribution < 1.29 is 8.42 Å². The topological polar surface area (TPSA) is 72.2 Å². The molecule has 1 atom stereocenters. The van der Waals surface area contributed by atoms with Crippen LogP contribution in [0.3, 0.4) is 0 Å². The zero-order valence-corrected chi connectivity index (χ0v) is 15.1. The molecule has 3 N–H and O–H groups in total. The Labute approximate surface area is 145 Å². The van der Waals surface area contributed by atoms with Gasteiger partial charge in [-0.05, 0) is 67.7 Å². The van der Waals surface area contributed by atoms with E-state index in [9.17, 15) is 8.42 Å². The van der Waals surface area contributed by atoms with Gasteiger partial charge in [-0.1, -0.05) is 18.9 Å². The minimum Gasteiger partial charge on any atom is -0.329 e. The van der Waals surface area contributed by atoms with Crippen LogP contribution in [0.25, 0.3) is 0 Å². The van der Waals surface area contributed by atoms with Crippen LogP contribution in [-0.2, 0) is 22.9 Å². The monoisotopic (exact) mass is 358 g/mol. The van der Waals surface area contributed by atoms with E-state index in [-0.39, 0.29) is 18.4 Å². The second kappa shape index (κ2) is 7.97. The van der Waals surface area contributed by atoms with E-state index in [1.54, 1.807) is 6.07 Å². The number of sulfonamides is 1. The second-order valence-electron chi connectivity index (χ2n) is 6.65. The van der Waals surface area contributed by atoms with Crippen LogP contribution >= 0.6 is 12.4 Å². The van der Waals surface area contributed by atoms with Gasteiger partial charge < -0.3 is 5.73 Å². The van der Waals surface area contributed by atoms with Crippen LogP contribution in [0.2, 0.25) is 0 Å². The highest BCUT2D eigenvalue weighted by Gasteiger charge is 2.28. The summed E-state index contributed by atoms with van der Waals surface area (Å²) in [5.41, 5.74) is 8.32. The van der Waals surface area contributed by atoms with Gasteiger partial charge in [0.05, 0.1) is 4.90 Å². The predicted molar refractivity (Wildman–Crippen MR) is 95.5 cm³/mol. The molecule has 1 saturated carbocycles. The largest absolute Gasteiger partial charge is 0.329 e. The van der Waals surface area contributed by atoms with E-state index in [0.29, 0.717) is 17.4 Å². The maximum Gasteiger partial charge on any atom is 0.240 e. The summed E-state index contributed by atoms with van der Waals surface area (Å²) in [6.45, 7) is 0.370. The fraction of sp³-hybridized carbons (Fsp3) is 0.647. The molecule has 0 heterocycles. The third-order valence-corrected chi connectivity index (χ3v) is 6.65. The summed E-state index contributed by atoms with van der Waals surface area (Å²) in [6.07, 6.45) is 8.93. The highest BCUT2D eigenvalue weighted by atomic mass is 35.5. The van der Waals surface area contributed by atoms with Crippen molar-refractivity contribution in [1.29, 1.82) is 0 Å². The molecule has 2 aliphatic carbocycles. The molecule has 1 fully saturated rings. The Morgan fingerprint density at radius 2 is 1.74 bits per heavy atom. The quantitative estimate of drug-likeness (QED) is 0.850. The van der Waals surface area contributed by atoms with Gasteiger partial charge in [0.1, 0.15) is 0 Å². The summed E-state index contributed by atoms with van der Waals surface area (Å²) in [7, 11) is -3.47. The molecule has 130 valence electrons. The van der Waals surface area contributed by atoms with Gasteiger partial charge in [-0.3, -0.25) is 0 Å². The van der Waals surface area contributed by atoms with Crippen molar-refractivity contribution in [2.24, 2.45) is 11.7 Å². The maximum atomic E-state index is 12.7. The van der Waals surface area contributed by atoms with Crippen molar-refractivity contribution in [3.05, 3.63) is 29.3 Å². The van der Waals surface area contributed by atoms with Crippen LogP contribution in [0.15, 0.2) is 23.1 Å². The number of hydrogen-bond donors (Lipinski definition) is 2. The molecule has 1 aromatic rings. The molecule has 0 bridgehead atoms. The van der Waals surface area contributed by atoms with Gasteiger partial charge in [-0.25, -0.2) is 13.1 Å². The van der Waals surface area contributed by atoms with Crippen molar-refractivity contribution >= 4 is 22.4 Å². The van der Waals surface area contributed by atoms with Crippen molar-refractivity contribution in [3.8, 4) is 0 Å². The Kier molecular flexibility index (Phi) is 6.48. The molecule has 0 aliphatic heterocycles. The molecule has 0 spiro atoms. The van der Waals surface area contributed by atoms with Crippen molar-refractivity contribution in [2.45, 2.75) is 62.3 Å². The first kappa shape index (κ1) is 18.7. The van der Waals surface area contributed by atoms with Gasteiger partial charge in [-0.2, -0.15) is 0 Å². The predicted octanol–water partition coefficient (Wildman–Crippen LogP) is 2.78. The molecule has 1 aromatic carbocycles. The molecule has 2 aliphatic rings. The second-order valence-corrected chi connectivity index (χ2v) is 8.36. The fourth-order valence-corrected chi connectivity index (χ4v) is 5.21. The summed E-state index contributed by atoms with van der Waals surface area (Å²) in [6, 6.07) is 5.45. The zero-order chi connectivity index (χ0) is 15.6. The highest BCUT2D eigenvalue weighted by molar-refractivity contribution is 7.89. The SMILES string of the molecule is Cl.NCC(NS(=O)(=O)c1ccc2c(c1)CCCC2)C1CCCC1. The van der Waals surface area contributed by atoms with Crippen molar-refractivity contribution in [3.63, 3.8) is 0 Å². The van der Waals surface area contributed by atoms with Gasteiger partial charge >= 0.3 is 0 Å². The molecule has 3 rings (SSSR count). The van der Waals surface area contributed by atoms with Crippen molar-refractivity contribution in [1.82, 2.24) is 4.72 Å². The third-order valence-electron chi connectivity index (χ3n) is 5.16. The normalized spacial score (nSPS) is 19.9. The summed E-state index contributed by atoms with van der Waals surface area (Å²) in [5, 5.41) is 0. The smallest absolute Gasteiger partial charge is 0.240 e. The van der Waals surface area contributed by atoms with E-state index in [4.69, 9.17) is 5.73 Å². The average molecular weight is 359 g/mol. The van der Waals surface area contributed by atoms with Crippen LogP contribution in [0.1, 0.15) is 49.7 Å². The number of nitrogens with one attached hydrogen (secondary N) is 1.